The van der Waals surface area contributed by atoms with Gasteiger partial charge in [0.15, 0.2) is 0 Å². The van der Waals surface area contributed by atoms with Gasteiger partial charge in [-0.3, -0.25) is 4.98 Å². The SMILES string of the molecule is CCS(=O)(=O)N1CC(CNc2ccnc3c(Br)cccc23)C1. The summed E-state index contributed by atoms with van der Waals surface area (Å²) in [6, 6.07) is 7.94. The van der Waals surface area contributed by atoms with Crippen molar-refractivity contribution in [2.75, 3.05) is 30.7 Å². The Labute approximate surface area is 138 Å². The van der Waals surface area contributed by atoms with E-state index < -0.39 is 10.0 Å². The van der Waals surface area contributed by atoms with Crippen LogP contribution in [-0.4, -0.2) is 43.1 Å². The van der Waals surface area contributed by atoms with Gasteiger partial charge in [0, 0.05) is 47.3 Å². The third kappa shape index (κ3) is 2.98. The Morgan fingerprint density at radius 1 is 1.36 bits per heavy atom. The highest BCUT2D eigenvalue weighted by Gasteiger charge is 2.34. The number of nitrogens with zero attached hydrogens (tertiary/aromatic N) is 2. The molecule has 0 atom stereocenters. The van der Waals surface area contributed by atoms with Crippen molar-refractivity contribution in [3.63, 3.8) is 0 Å². The van der Waals surface area contributed by atoms with Crippen LogP contribution >= 0.6 is 15.9 Å². The van der Waals surface area contributed by atoms with Gasteiger partial charge in [-0.05, 0) is 35.0 Å². The molecule has 118 valence electrons. The predicted octanol–water partition coefficient (Wildman–Crippen LogP) is 2.69. The number of sulfonamides is 1. The fraction of sp³-hybridized carbons (Fsp3) is 0.400. The van der Waals surface area contributed by atoms with Gasteiger partial charge in [0.2, 0.25) is 10.0 Å². The predicted molar refractivity (Wildman–Crippen MR) is 92.5 cm³/mol. The molecule has 1 aliphatic rings. The minimum Gasteiger partial charge on any atom is -0.384 e. The summed E-state index contributed by atoms with van der Waals surface area (Å²) in [5.74, 6) is 0.535. The van der Waals surface area contributed by atoms with Crippen LogP contribution in [0.4, 0.5) is 5.69 Å². The summed E-state index contributed by atoms with van der Waals surface area (Å²) in [6.07, 6.45) is 1.78. The number of fused-ring (bicyclic) bond motifs is 1. The van der Waals surface area contributed by atoms with E-state index in [4.69, 9.17) is 0 Å². The Bertz CT molecular complexity index is 788. The van der Waals surface area contributed by atoms with Crippen LogP contribution in [0.3, 0.4) is 0 Å². The number of rotatable bonds is 5. The molecule has 0 amide bonds. The Morgan fingerprint density at radius 2 is 2.14 bits per heavy atom. The highest BCUT2D eigenvalue weighted by molar-refractivity contribution is 9.10. The van der Waals surface area contributed by atoms with E-state index in [1.54, 1.807) is 17.4 Å². The van der Waals surface area contributed by atoms with Gasteiger partial charge in [0.05, 0.1) is 11.3 Å². The molecule has 2 heterocycles. The highest BCUT2D eigenvalue weighted by atomic mass is 79.9. The van der Waals surface area contributed by atoms with E-state index in [1.165, 1.54) is 0 Å². The Balaban J connectivity index is 1.66. The molecule has 0 radical (unpaired) electrons. The molecule has 1 saturated heterocycles. The maximum absolute atomic E-state index is 11.7. The molecular weight excluding hydrogens is 366 g/mol. The number of hydrogen-bond acceptors (Lipinski definition) is 4. The first-order valence-corrected chi connectivity index (χ1v) is 9.66. The standard InChI is InChI=1S/C15H18BrN3O2S/c1-2-22(20,21)19-9-11(10-19)8-18-14-6-7-17-15-12(14)4-3-5-13(15)16/h3-7,11H,2,8-10H2,1H3,(H,17,18). The molecule has 1 fully saturated rings. The smallest absolute Gasteiger partial charge is 0.213 e. The average molecular weight is 384 g/mol. The Hall–Kier alpha value is -1.18. The summed E-state index contributed by atoms with van der Waals surface area (Å²) in [7, 11) is -3.03. The van der Waals surface area contributed by atoms with Gasteiger partial charge >= 0.3 is 0 Å². The first kappa shape index (κ1) is 15.7. The second-order valence-corrected chi connectivity index (χ2v) is 8.57. The molecule has 0 bridgehead atoms. The van der Waals surface area contributed by atoms with Crippen molar-refractivity contribution in [1.82, 2.24) is 9.29 Å². The fourth-order valence-corrected chi connectivity index (χ4v) is 4.32. The van der Waals surface area contributed by atoms with Crippen LogP contribution in [0.5, 0.6) is 0 Å². The highest BCUT2D eigenvalue weighted by Crippen LogP contribution is 2.28. The number of benzene rings is 1. The lowest BCUT2D eigenvalue weighted by molar-refractivity contribution is 0.212. The molecule has 1 N–H and O–H groups in total. The van der Waals surface area contributed by atoms with Crippen molar-refractivity contribution in [2.45, 2.75) is 6.92 Å². The molecule has 3 rings (SSSR count). The van der Waals surface area contributed by atoms with Crippen LogP contribution in [0.1, 0.15) is 6.92 Å². The Morgan fingerprint density at radius 3 is 2.86 bits per heavy atom. The molecule has 7 heteroatoms. The lowest BCUT2D eigenvalue weighted by Gasteiger charge is -2.38. The van der Waals surface area contributed by atoms with Gasteiger partial charge < -0.3 is 5.32 Å². The van der Waals surface area contributed by atoms with E-state index in [0.717, 1.165) is 27.6 Å². The van der Waals surface area contributed by atoms with Gasteiger partial charge in [-0.2, -0.15) is 0 Å². The fourth-order valence-electron chi connectivity index (χ4n) is 2.61. The number of hydrogen-bond donors (Lipinski definition) is 1. The molecule has 0 unspecified atom stereocenters. The molecule has 1 aromatic carbocycles. The topological polar surface area (TPSA) is 62.3 Å². The van der Waals surface area contributed by atoms with E-state index in [-0.39, 0.29) is 5.75 Å². The second-order valence-electron chi connectivity index (χ2n) is 5.46. The number of aromatic nitrogens is 1. The molecule has 5 nitrogen and oxygen atoms in total. The zero-order valence-corrected chi connectivity index (χ0v) is 14.7. The number of pyridine rings is 1. The van der Waals surface area contributed by atoms with Crippen molar-refractivity contribution in [2.24, 2.45) is 5.92 Å². The van der Waals surface area contributed by atoms with Crippen LogP contribution in [0.15, 0.2) is 34.9 Å². The van der Waals surface area contributed by atoms with Crippen LogP contribution in [-0.2, 0) is 10.0 Å². The average Bonchev–Trinajstić information content (AvgIpc) is 2.46. The summed E-state index contributed by atoms with van der Waals surface area (Å²) in [6.45, 7) is 3.66. The molecule has 22 heavy (non-hydrogen) atoms. The van der Waals surface area contributed by atoms with Crippen molar-refractivity contribution < 1.29 is 8.42 Å². The second kappa shape index (κ2) is 6.14. The van der Waals surface area contributed by atoms with Crippen LogP contribution in [0.2, 0.25) is 0 Å². The van der Waals surface area contributed by atoms with Gasteiger partial charge in [0.25, 0.3) is 0 Å². The molecule has 0 aliphatic carbocycles. The molecular formula is C15H18BrN3O2S. The molecule has 1 aliphatic heterocycles. The maximum Gasteiger partial charge on any atom is 0.213 e. The van der Waals surface area contributed by atoms with E-state index in [9.17, 15) is 8.42 Å². The van der Waals surface area contributed by atoms with Crippen LogP contribution in [0.25, 0.3) is 10.9 Å². The molecule has 0 saturated carbocycles. The first-order chi connectivity index (χ1) is 10.5. The van der Waals surface area contributed by atoms with E-state index in [2.05, 4.69) is 26.2 Å². The van der Waals surface area contributed by atoms with Crippen molar-refractivity contribution >= 4 is 42.5 Å². The van der Waals surface area contributed by atoms with Crippen molar-refractivity contribution in [3.05, 3.63) is 34.9 Å². The van der Waals surface area contributed by atoms with Crippen LogP contribution < -0.4 is 5.32 Å². The van der Waals surface area contributed by atoms with E-state index in [0.29, 0.717) is 19.0 Å². The third-order valence-electron chi connectivity index (χ3n) is 3.98. The minimum absolute atomic E-state index is 0.177. The zero-order valence-electron chi connectivity index (χ0n) is 12.3. The summed E-state index contributed by atoms with van der Waals surface area (Å²) < 4.78 is 25.9. The van der Waals surface area contributed by atoms with Crippen LogP contribution in [0, 0.1) is 5.92 Å². The monoisotopic (exact) mass is 383 g/mol. The third-order valence-corrected chi connectivity index (χ3v) is 6.44. The molecule has 1 aromatic heterocycles. The zero-order chi connectivity index (χ0) is 15.7. The quantitative estimate of drug-likeness (QED) is 0.861. The van der Waals surface area contributed by atoms with E-state index in [1.807, 2.05) is 24.3 Å². The number of anilines is 1. The largest absolute Gasteiger partial charge is 0.384 e. The normalized spacial score (nSPS) is 16.6. The van der Waals surface area contributed by atoms with Crippen molar-refractivity contribution in [3.8, 4) is 0 Å². The Kier molecular flexibility index (Phi) is 4.38. The lowest BCUT2D eigenvalue weighted by Crippen LogP contribution is -2.52. The summed E-state index contributed by atoms with van der Waals surface area (Å²) >= 11 is 3.51. The number of halogens is 1. The first-order valence-electron chi connectivity index (χ1n) is 7.26. The summed E-state index contributed by atoms with van der Waals surface area (Å²) in [4.78, 5) is 4.38. The van der Waals surface area contributed by atoms with E-state index >= 15 is 0 Å². The van der Waals surface area contributed by atoms with Gasteiger partial charge in [-0.15, -0.1) is 0 Å². The lowest BCUT2D eigenvalue weighted by atomic mass is 10.0. The summed E-state index contributed by atoms with van der Waals surface area (Å²) in [5.41, 5.74) is 1.96. The number of nitrogens with one attached hydrogen (secondary N) is 1. The van der Waals surface area contributed by atoms with Gasteiger partial charge in [-0.25, -0.2) is 12.7 Å². The molecule has 0 spiro atoms. The summed E-state index contributed by atoms with van der Waals surface area (Å²) in [5, 5.41) is 4.49. The van der Waals surface area contributed by atoms with Gasteiger partial charge in [-0.1, -0.05) is 12.1 Å². The maximum atomic E-state index is 11.7. The van der Waals surface area contributed by atoms with Gasteiger partial charge in [0.1, 0.15) is 0 Å². The molecule has 2 aromatic rings. The number of para-hydroxylation sites is 1. The minimum atomic E-state index is -3.03. The van der Waals surface area contributed by atoms with Crippen molar-refractivity contribution in [1.29, 1.82) is 0 Å².